The summed E-state index contributed by atoms with van der Waals surface area (Å²) in [6, 6.07) is 7.51. The fourth-order valence-electron chi connectivity index (χ4n) is 1.46. The summed E-state index contributed by atoms with van der Waals surface area (Å²) in [4.78, 5) is 0. The second kappa shape index (κ2) is 8.91. The van der Waals surface area contributed by atoms with Gasteiger partial charge in [0.15, 0.2) is 0 Å². The molecule has 0 fully saturated rings. The van der Waals surface area contributed by atoms with Gasteiger partial charge in [-0.1, -0.05) is 12.1 Å². The molecule has 0 radical (unpaired) electrons. The molecule has 0 aliphatic heterocycles. The van der Waals surface area contributed by atoms with Crippen LogP contribution in [-0.2, 0) is 9.47 Å². The summed E-state index contributed by atoms with van der Waals surface area (Å²) in [5.74, 6) is 0.783. The molecule has 0 aliphatic rings. The molecule has 0 aliphatic carbocycles. The number of hydrogen-bond acceptors (Lipinski definition) is 4. The molecular formula is C14H22O4. The van der Waals surface area contributed by atoms with Gasteiger partial charge in [0, 0.05) is 20.1 Å². The van der Waals surface area contributed by atoms with Crippen LogP contribution in [0.1, 0.15) is 25.0 Å². The number of methoxy groups -OCH3 is 1. The van der Waals surface area contributed by atoms with Crippen LogP contribution in [0.15, 0.2) is 24.3 Å². The molecule has 1 N–H and O–H groups in total. The van der Waals surface area contributed by atoms with Crippen molar-refractivity contribution in [2.24, 2.45) is 0 Å². The first-order valence-corrected chi connectivity index (χ1v) is 6.21. The lowest BCUT2D eigenvalue weighted by Gasteiger charge is -2.09. The molecular weight excluding hydrogens is 232 g/mol. The summed E-state index contributed by atoms with van der Waals surface area (Å²) in [6.07, 6.45) is 0.369. The topological polar surface area (TPSA) is 47.9 Å². The Labute approximate surface area is 108 Å². The standard InChI is InChI=1S/C14H22O4/c1-12(15)13-5-3-6-14(11-13)18-8-4-7-17-10-9-16-2/h3,5-6,11-12,15H,4,7-10H2,1-2H3. The summed E-state index contributed by atoms with van der Waals surface area (Å²) in [6.45, 7) is 4.25. The van der Waals surface area contributed by atoms with Crippen molar-refractivity contribution in [1.82, 2.24) is 0 Å². The lowest BCUT2D eigenvalue weighted by molar-refractivity contribution is 0.0644. The number of aliphatic hydroxyl groups is 1. The summed E-state index contributed by atoms with van der Waals surface area (Å²) in [5, 5.41) is 9.45. The summed E-state index contributed by atoms with van der Waals surface area (Å²) in [5.41, 5.74) is 0.865. The van der Waals surface area contributed by atoms with Crippen molar-refractivity contribution in [3.05, 3.63) is 29.8 Å². The van der Waals surface area contributed by atoms with E-state index >= 15 is 0 Å². The van der Waals surface area contributed by atoms with Crippen LogP contribution in [0.3, 0.4) is 0 Å². The van der Waals surface area contributed by atoms with Gasteiger partial charge in [0.25, 0.3) is 0 Å². The molecule has 4 nitrogen and oxygen atoms in total. The van der Waals surface area contributed by atoms with Crippen LogP contribution in [-0.4, -0.2) is 38.6 Å². The van der Waals surface area contributed by atoms with Gasteiger partial charge in [-0.25, -0.2) is 0 Å². The van der Waals surface area contributed by atoms with Crippen molar-refractivity contribution < 1.29 is 19.3 Å². The van der Waals surface area contributed by atoms with Crippen LogP contribution in [0.4, 0.5) is 0 Å². The molecule has 0 aromatic heterocycles. The third kappa shape index (κ3) is 6.00. The van der Waals surface area contributed by atoms with Gasteiger partial charge in [0.2, 0.25) is 0 Å². The smallest absolute Gasteiger partial charge is 0.119 e. The average molecular weight is 254 g/mol. The molecule has 4 heteroatoms. The van der Waals surface area contributed by atoms with Crippen molar-refractivity contribution in [2.75, 3.05) is 33.5 Å². The molecule has 0 spiro atoms. The average Bonchev–Trinajstić information content (AvgIpc) is 2.38. The molecule has 1 aromatic carbocycles. The van der Waals surface area contributed by atoms with E-state index in [9.17, 15) is 5.11 Å². The lowest BCUT2D eigenvalue weighted by Crippen LogP contribution is -2.07. The van der Waals surface area contributed by atoms with Gasteiger partial charge in [-0.15, -0.1) is 0 Å². The van der Waals surface area contributed by atoms with Crippen LogP contribution >= 0.6 is 0 Å². The number of hydrogen-bond donors (Lipinski definition) is 1. The number of aliphatic hydroxyl groups excluding tert-OH is 1. The molecule has 0 saturated carbocycles. The zero-order valence-corrected chi connectivity index (χ0v) is 11.1. The minimum absolute atomic E-state index is 0.467. The zero-order valence-electron chi connectivity index (χ0n) is 11.1. The Morgan fingerprint density at radius 2 is 2.00 bits per heavy atom. The van der Waals surface area contributed by atoms with E-state index in [0.717, 1.165) is 17.7 Å². The van der Waals surface area contributed by atoms with E-state index in [1.165, 1.54) is 0 Å². The Hall–Kier alpha value is -1.10. The molecule has 18 heavy (non-hydrogen) atoms. The molecule has 1 aromatic rings. The fourth-order valence-corrected chi connectivity index (χ4v) is 1.46. The molecule has 0 saturated heterocycles. The SMILES string of the molecule is COCCOCCCOc1cccc(C(C)O)c1. The van der Waals surface area contributed by atoms with Gasteiger partial charge >= 0.3 is 0 Å². The van der Waals surface area contributed by atoms with Crippen LogP contribution in [0.5, 0.6) is 5.75 Å². The minimum atomic E-state index is -0.467. The highest BCUT2D eigenvalue weighted by atomic mass is 16.5. The molecule has 0 bridgehead atoms. The Balaban J connectivity index is 2.17. The number of ether oxygens (including phenoxy) is 3. The molecule has 1 atom stereocenters. The second-order valence-corrected chi connectivity index (χ2v) is 4.06. The quantitative estimate of drug-likeness (QED) is 0.686. The van der Waals surface area contributed by atoms with Crippen molar-refractivity contribution >= 4 is 0 Å². The summed E-state index contributed by atoms with van der Waals surface area (Å²) >= 11 is 0. The zero-order chi connectivity index (χ0) is 13.2. The molecule has 102 valence electrons. The predicted octanol–water partition coefficient (Wildman–Crippen LogP) is 2.17. The third-order valence-electron chi connectivity index (χ3n) is 2.47. The van der Waals surface area contributed by atoms with Crippen molar-refractivity contribution in [3.8, 4) is 5.75 Å². The highest BCUT2D eigenvalue weighted by Gasteiger charge is 2.01. The van der Waals surface area contributed by atoms with E-state index in [1.807, 2.05) is 24.3 Å². The van der Waals surface area contributed by atoms with E-state index in [4.69, 9.17) is 14.2 Å². The first-order valence-electron chi connectivity index (χ1n) is 6.21. The minimum Gasteiger partial charge on any atom is -0.493 e. The maximum atomic E-state index is 9.45. The number of rotatable bonds is 9. The van der Waals surface area contributed by atoms with Gasteiger partial charge in [0.05, 0.1) is 25.9 Å². The summed E-state index contributed by atoms with van der Waals surface area (Å²) in [7, 11) is 1.65. The monoisotopic (exact) mass is 254 g/mol. The first kappa shape index (κ1) is 15.0. The highest BCUT2D eigenvalue weighted by molar-refractivity contribution is 5.29. The van der Waals surface area contributed by atoms with Crippen molar-refractivity contribution in [3.63, 3.8) is 0 Å². The van der Waals surface area contributed by atoms with E-state index in [1.54, 1.807) is 14.0 Å². The number of benzene rings is 1. The Morgan fingerprint density at radius 3 is 2.72 bits per heavy atom. The van der Waals surface area contributed by atoms with Crippen LogP contribution in [0.2, 0.25) is 0 Å². The van der Waals surface area contributed by atoms with Gasteiger partial charge < -0.3 is 19.3 Å². The fraction of sp³-hybridized carbons (Fsp3) is 0.571. The second-order valence-electron chi connectivity index (χ2n) is 4.06. The first-order chi connectivity index (χ1) is 8.74. The van der Waals surface area contributed by atoms with Crippen LogP contribution < -0.4 is 4.74 Å². The Bertz CT molecular complexity index is 325. The largest absolute Gasteiger partial charge is 0.493 e. The van der Waals surface area contributed by atoms with Crippen LogP contribution in [0, 0.1) is 0 Å². The third-order valence-corrected chi connectivity index (χ3v) is 2.47. The molecule has 1 rings (SSSR count). The maximum absolute atomic E-state index is 9.45. The predicted molar refractivity (Wildman–Crippen MR) is 69.9 cm³/mol. The van der Waals surface area contributed by atoms with E-state index in [0.29, 0.717) is 26.4 Å². The van der Waals surface area contributed by atoms with Gasteiger partial charge in [-0.05, 0) is 24.6 Å². The van der Waals surface area contributed by atoms with Crippen LogP contribution in [0.25, 0.3) is 0 Å². The lowest BCUT2D eigenvalue weighted by atomic mass is 10.1. The van der Waals surface area contributed by atoms with Crippen molar-refractivity contribution in [2.45, 2.75) is 19.4 Å². The molecule has 1 unspecified atom stereocenters. The Morgan fingerprint density at radius 1 is 1.17 bits per heavy atom. The van der Waals surface area contributed by atoms with Gasteiger partial charge in [0.1, 0.15) is 5.75 Å². The van der Waals surface area contributed by atoms with Crippen molar-refractivity contribution in [1.29, 1.82) is 0 Å². The molecule has 0 amide bonds. The Kier molecular flexibility index (Phi) is 7.41. The van der Waals surface area contributed by atoms with Gasteiger partial charge in [-0.3, -0.25) is 0 Å². The summed E-state index contributed by atoms with van der Waals surface area (Å²) < 4.78 is 15.8. The normalized spacial score (nSPS) is 12.4. The van der Waals surface area contributed by atoms with Gasteiger partial charge in [-0.2, -0.15) is 0 Å². The van der Waals surface area contributed by atoms with E-state index in [-0.39, 0.29) is 0 Å². The van der Waals surface area contributed by atoms with E-state index < -0.39 is 6.10 Å². The molecule has 0 heterocycles. The van der Waals surface area contributed by atoms with E-state index in [2.05, 4.69) is 0 Å². The highest BCUT2D eigenvalue weighted by Crippen LogP contribution is 2.18. The maximum Gasteiger partial charge on any atom is 0.119 e.